The summed E-state index contributed by atoms with van der Waals surface area (Å²) in [5, 5.41) is 37.7. The summed E-state index contributed by atoms with van der Waals surface area (Å²) in [7, 11) is 0. The third-order valence-corrected chi connectivity index (χ3v) is 5.99. The lowest BCUT2D eigenvalue weighted by atomic mass is 10.1. The second-order valence-electron chi connectivity index (χ2n) is 8.13. The number of rotatable bonds is 6. The molecule has 1 aromatic carbocycles. The molecule has 5 rings (SSSR count). The van der Waals surface area contributed by atoms with Crippen LogP contribution in [-0.2, 0) is 4.74 Å². The lowest BCUT2D eigenvalue weighted by Gasteiger charge is -2.27. The van der Waals surface area contributed by atoms with Crippen molar-refractivity contribution in [2.75, 3.05) is 30.5 Å². The highest BCUT2D eigenvalue weighted by Gasteiger charge is 2.41. The number of nitrogens with one attached hydrogen (secondary N) is 2. The second kappa shape index (κ2) is 8.35. The van der Waals surface area contributed by atoms with Crippen molar-refractivity contribution >= 4 is 22.7 Å². The Morgan fingerprint density at radius 1 is 1.00 bits per heavy atom. The molecule has 1 aliphatic carbocycles. The van der Waals surface area contributed by atoms with E-state index in [1.807, 2.05) is 36.4 Å². The minimum absolute atomic E-state index is 0.162. The van der Waals surface area contributed by atoms with Crippen molar-refractivity contribution in [1.29, 1.82) is 0 Å². The van der Waals surface area contributed by atoms with Gasteiger partial charge in [-0.25, -0.2) is 9.97 Å². The van der Waals surface area contributed by atoms with Crippen molar-refractivity contribution < 1.29 is 20.1 Å². The quantitative estimate of drug-likeness (QED) is 0.394. The van der Waals surface area contributed by atoms with E-state index in [-0.39, 0.29) is 18.6 Å². The number of aliphatic hydroxyl groups is 3. The molecule has 2 aromatic heterocycles. The molecule has 3 aromatic rings. The van der Waals surface area contributed by atoms with Crippen molar-refractivity contribution in [3.8, 4) is 11.3 Å². The van der Waals surface area contributed by atoms with Crippen LogP contribution in [0.4, 0.5) is 11.8 Å². The van der Waals surface area contributed by atoms with Crippen molar-refractivity contribution in [2.45, 2.75) is 30.7 Å². The Morgan fingerprint density at radius 2 is 1.84 bits per heavy atom. The Kier molecular flexibility index (Phi) is 5.41. The van der Waals surface area contributed by atoms with Gasteiger partial charge in [-0.05, 0) is 18.6 Å². The van der Waals surface area contributed by atoms with E-state index in [4.69, 9.17) is 9.72 Å². The van der Waals surface area contributed by atoms with Gasteiger partial charge in [-0.3, -0.25) is 0 Å². The number of aliphatic hydroxyl groups excluding tert-OH is 3. The van der Waals surface area contributed by atoms with Gasteiger partial charge in [-0.2, -0.15) is 4.98 Å². The maximum absolute atomic E-state index is 10.5. The van der Waals surface area contributed by atoms with Gasteiger partial charge < -0.3 is 30.7 Å². The molecule has 162 valence electrons. The van der Waals surface area contributed by atoms with Crippen LogP contribution in [0.3, 0.4) is 0 Å². The highest BCUT2D eigenvalue weighted by molar-refractivity contribution is 5.83. The molecule has 4 unspecified atom stereocenters. The van der Waals surface area contributed by atoms with E-state index < -0.39 is 18.2 Å². The van der Waals surface area contributed by atoms with Crippen LogP contribution >= 0.6 is 0 Å². The number of ether oxygens (including phenoxy) is 1. The fourth-order valence-corrected chi connectivity index (χ4v) is 4.09. The molecule has 0 amide bonds. The van der Waals surface area contributed by atoms with Gasteiger partial charge in [-0.1, -0.05) is 24.3 Å². The molecule has 2 aliphatic rings. The monoisotopic (exact) mass is 423 g/mol. The summed E-state index contributed by atoms with van der Waals surface area (Å²) in [6.07, 6.45) is 0.125. The van der Waals surface area contributed by atoms with Crippen molar-refractivity contribution in [1.82, 2.24) is 15.0 Å². The summed E-state index contributed by atoms with van der Waals surface area (Å²) in [6, 6.07) is 11.5. The number of nitrogens with zero attached hydrogens (tertiary/aromatic N) is 3. The molecule has 1 aliphatic heterocycles. The van der Waals surface area contributed by atoms with Gasteiger partial charge in [0.2, 0.25) is 5.95 Å². The SMILES string of the molecule is OCC1CC(Nc2nc(NC3COC3)ncc2-c2ccc3ccccc3n2)C(O)C1O. The van der Waals surface area contributed by atoms with Crippen molar-refractivity contribution in [3.63, 3.8) is 0 Å². The molecular weight excluding hydrogens is 398 g/mol. The van der Waals surface area contributed by atoms with Gasteiger partial charge >= 0.3 is 0 Å². The fraction of sp³-hybridized carbons (Fsp3) is 0.409. The smallest absolute Gasteiger partial charge is 0.225 e. The molecule has 1 saturated carbocycles. The van der Waals surface area contributed by atoms with Gasteiger partial charge in [0.1, 0.15) is 11.9 Å². The van der Waals surface area contributed by atoms with E-state index in [0.717, 1.165) is 10.9 Å². The second-order valence-corrected chi connectivity index (χ2v) is 8.13. The summed E-state index contributed by atoms with van der Waals surface area (Å²) in [5.41, 5.74) is 2.25. The summed E-state index contributed by atoms with van der Waals surface area (Å²) in [5.74, 6) is 0.573. The van der Waals surface area contributed by atoms with Crippen LogP contribution in [0, 0.1) is 5.92 Å². The Bertz CT molecular complexity index is 1080. The molecule has 31 heavy (non-hydrogen) atoms. The van der Waals surface area contributed by atoms with Gasteiger partial charge in [-0.15, -0.1) is 0 Å². The third kappa shape index (κ3) is 3.92. The zero-order valence-electron chi connectivity index (χ0n) is 16.8. The van der Waals surface area contributed by atoms with Crippen LogP contribution in [0.2, 0.25) is 0 Å². The van der Waals surface area contributed by atoms with E-state index >= 15 is 0 Å². The number of fused-ring (bicyclic) bond motifs is 1. The van der Waals surface area contributed by atoms with Crippen LogP contribution in [0.1, 0.15) is 6.42 Å². The van der Waals surface area contributed by atoms with E-state index in [1.165, 1.54) is 0 Å². The Labute approximate surface area is 179 Å². The minimum Gasteiger partial charge on any atom is -0.396 e. The maximum atomic E-state index is 10.5. The van der Waals surface area contributed by atoms with Crippen molar-refractivity contribution in [3.05, 3.63) is 42.6 Å². The molecule has 9 heteroatoms. The molecule has 9 nitrogen and oxygen atoms in total. The van der Waals surface area contributed by atoms with E-state index in [0.29, 0.717) is 42.7 Å². The van der Waals surface area contributed by atoms with Gasteiger partial charge in [0, 0.05) is 24.1 Å². The highest BCUT2D eigenvalue weighted by Crippen LogP contribution is 2.33. The first-order valence-electron chi connectivity index (χ1n) is 10.4. The molecule has 3 heterocycles. The molecule has 5 N–H and O–H groups in total. The zero-order chi connectivity index (χ0) is 21.4. The number of hydrogen-bond acceptors (Lipinski definition) is 9. The zero-order valence-corrected chi connectivity index (χ0v) is 16.8. The number of pyridine rings is 1. The average molecular weight is 423 g/mol. The van der Waals surface area contributed by atoms with Crippen LogP contribution in [0.5, 0.6) is 0 Å². The van der Waals surface area contributed by atoms with Crippen LogP contribution in [0.15, 0.2) is 42.6 Å². The van der Waals surface area contributed by atoms with Crippen LogP contribution in [-0.4, -0.2) is 74.4 Å². The lowest BCUT2D eigenvalue weighted by Crippen LogP contribution is -2.41. The molecule has 0 radical (unpaired) electrons. The van der Waals surface area contributed by atoms with Gasteiger partial charge in [0.05, 0.1) is 48.2 Å². The molecule has 1 saturated heterocycles. The summed E-state index contributed by atoms with van der Waals surface area (Å²) >= 11 is 0. The third-order valence-electron chi connectivity index (χ3n) is 5.99. The van der Waals surface area contributed by atoms with Gasteiger partial charge in [0.25, 0.3) is 0 Å². The predicted octanol–water partition coefficient (Wildman–Crippen LogP) is 1.02. The van der Waals surface area contributed by atoms with Gasteiger partial charge in [0.15, 0.2) is 0 Å². The molecular formula is C22H25N5O4. The lowest BCUT2D eigenvalue weighted by molar-refractivity contribution is 0.00446. The summed E-state index contributed by atoms with van der Waals surface area (Å²) < 4.78 is 5.20. The number of aromatic nitrogens is 3. The van der Waals surface area contributed by atoms with E-state index in [2.05, 4.69) is 20.6 Å². The summed E-state index contributed by atoms with van der Waals surface area (Å²) in [4.78, 5) is 13.8. The number of anilines is 2. The first-order chi connectivity index (χ1) is 15.1. The average Bonchev–Trinajstić information content (AvgIpc) is 3.04. The van der Waals surface area contributed by atoms with Crippen LogP contribution in [0.25, 0.3) is 22.2 Å². The van der Waals surface area contributed by atoms with Crippen molar-refractivity contribution in [2.24, 2.45) is 5.92 Å². The predicted molar refractivity (Wildman–Crippen MR) is 116 cm³/mol. The number of para-hydroxylation sites is 1. The Hall–Kier alpha value is -2.85. The minimum atomic E-state index is -1.01. The number of benzene rings is 1. The molecule has 2 fully saturated rings. The van der Waals surface area contributed by atoms with E-state index in [1.54, 1.807) is 6.20 Å². The molecule has 4 atom stereocenters. The Morgan fingerprint density at radius 3 is 2.58 bits per heavy atom. The standard InChI is InChI=1S/C22H25N5O4/c28-9-13-7-18(20(30)19(13)29)26-21-15(8-23-22(27-21)24-14-10-31-11-14)17-6-5-12-3-1-2-4-16(12)25-17/h1-6,8,13-14,18-20,28-30H,7,9-11H2,(H2,23,24,26,27). The molecule has 0 bridgehead atoms. The maximum Gasteiger partial charge on any atom is 0.225 e. The topological polar surface area (TPSA) is 133 Å². The van der Waals surface area contributed by atoms with Crippen LogP contribution < -0.4 is 10.6 Å². The first-order valence-corrected chi connectivity index (χ1v) is 10.4. The summed E-state index contributed by atoms with van der Waals surface area (Å²) in [6.45, 7) is 1.02. The highest BCUT2D eigenvalue weighted by atomic mass is 16.5. The Balaban J connectivity index is 1.50. The normalized spacial score (nSPS) is 26.0. The van der Waals surface area contributed by atoms with E-state index in [9.17, 15) is 15.3 Å². The number of hydrogen-bond donors (Lipinski definition) is 5. The molecule has 0 spiro atoms. The first kappa shape index (κ1) is 20.1. The fourth-order valence-electron chi connectivity index (χ4n) is 4.09. The largest absolute Gasteiger partial charge is 0.396 e.